The van der Waals surface area contributed by atoms with Crippen LogP contribution in [0.4, 0.5) is 13.2 Å². The molecule has 0 saturated carbocycles. The van der Waals surface area contributed by atoms with Gasteiger partial charge in [-0.1, -0.05) is 0 Å². The minimum Gasteiger partial charge on any atom is -0.497 e. The lowest BCUT2D eigenvalue weighted by Crippen LogP contribution is -2.28. The van der Waals surface area contributed by atoms with E-state index in [1.54, 1.807) is 31.4 Å². The highest BCUT2D eigenvalue weighted by atomic mass is 19.4. The average molecular weight is 457 g/mol. The van der Waals surface area contributed by atoms with Crippen LogP contribution >= 0.6 is 0 Å². The highest BCUT2D eigenvalue weighted by Crippen LogP contribution is 2.29. The van der Waals surface area contributed by atoms with E-state index in [-0.39, 0.29) is 18.7 Å². The van der Waals surface area contributed by atoms with Crippen LogP contribution in [-0.4, -0.2) is 46.0 Å². The van der Waals surface area contributed by atoms with Gasteiger partial charge in [-0.2, -0.15) is 17.7 Å². The molecule has 11 heteroatoms. The second-order valence-electron chi connectivity index (χ2n) is 6.87. The monoisotopic (exact) mass is 457 g/mol. The van der Waals surface area contributed by atoms with Crippen molar-refractivity contribution in [3.8, 4) is 23.0 Å². The van der Waals surface area contributed by atoms with E-state index < -0.39 is 17.6 Å². The molecule has 170 valence electrons. The lowest BCUT2D eigenvalue weighted by atomic mass is 10.1. The Morgan fingerprint density at radius 1 is 1.00 bits per heavy atom. The maximum atomic E-state index is 12.6. The number of nitrogens with one attached hydrogen (secondary N) is 1. The summed E-state index contributed by atoms with van der Waals surface area (Å²) in [6.07, 6.45) is -4.45. The third-order valence-corrected chi connectivity index (χ3v) is 4.70. The zero-order valence-corrected chi connectivity index (χ0v) is 17.3. The maximum Gasteiger partial charge on any atom is 0.416 e. The first kappa shape index (κ1) is 22.1. The number of carbonyl (C=O) groups excluding carboxylic acids is 1. The van der Waals surface area contributed by atoms with Crippen molar-refractivity contribution in [2.24, 2.45) is 0 Å². The predicted molar refractivity (Wildman–Crippen MR) is 112 cm³/mol. The van der Waals surface area contributed by atoms with Crippen molar-refractivity contribution in [3.05, 3.63) is 71.8 Å². The van der Waals surface area contributed by atoms with Crippen LogP contribution in [0.5, 0.6) is 11.6 Å². The highest BCUT2D eigenvalue weighted by Gasteiger charge is 2.30. The smallest absolute Gasteiger partial charge is 0.416 e. The number of amides is 1. The number of aromatic nitrogens is 4. The molecule has 0 aliphatic heterocycles. The molecule has 4 rings (SSSR count). The number of halogens is 3. The van der Waals surface area contributed by atoms with Crippen LogP contribution in [0.2, 0.25) is 0 Å². The first-order valence-corrected chi connectivity index (χ1v) is 9.80. The number of carbonyl (C=O) groups is 1. The molecule has 1 amide bonds. The lowest BCUT2D eigenvalue weighted by molar-refractivity contribution is -0.137. The normalized spacial score (nSPS) is 11.4. The van der Waals surface area contributed by atoms with Crippen LogP contribution in [-0.2, 0) is 6.18 Å². The molecule has 8 nitrogen and oxygen atoms in total. The molecule has 0 unspecified atom stereocenters. The van der Waals surface area contributed by atoms with Crippen LogP contribution < -0.4 is 14.8 Å². The quantitative estimate of drug-likeness (QED) is 0.427. The fourth-order valence-corrected chi connectivity index (χ4v) is 3.00. The summed E-state index contributed by atoms with van der Waals surface area (Å²) in [7, 11) is 1.58. The number of hydrogen-bond acceptors (Lipinski definition) is 6. The molecule has 0 radical (unpaired) electrons. The Hall–Kier alpha value is -4.15. The van der Waals surface area contributed by atoms with Gasteiger partial charge in [-0.25, -0.2) is 0 Å². The van der Waals surface area contributed by atoms with Crippen LogP contribution in [0, 0.1) is 0 Å². The summed E-state index contributed by atoms with van der Waals surface area (Å²) in [5.74, 6) is 1.02. The molecule has 0 saturated heterocycles. The highest BCUT2D eigenvalue weighted by molar-refractivity contribution is 5.94. The Labute approximate surface area is 186 Å². The van der Waals surface area contributed by atoms with Crippen molar-refractivity contribution in [3.63, 3.8) is 0 Å². The molecule has 2 aromatic heterocycles. The predicted octanol–water partition coefficient (Wildman–Crippen LogP) is 3.63. The summed E-state index contributed by atoms with van der Waals surface area (Å²) < 4.78 is 50.2. The second-order valence-corrected chi connectivity index (χ2v) is 6.87. The van der Waals surface area contributed by atoms with Gasteiger partial charge in [0.15, 0.2) is 11.5 Å². The number of hydrogen-bond donors (Lipinski definition) is 1. The van der Waals surface area contributed by atoms with Gasteiger partial charge in [0.05, 0.1) is 19.2 Å². The Kier molecular flexibility index (Phi) is 6.11. The Balaban J connectivity index is 1.36. The first-order valence-electron chi connectivity index (χ1n) is 9.80. The third-order valence-electron chi connectivity index (χ3n) is 4.70. The molecule has 0 aliphatic rings. The van der Waals surface area contributed by atoms with Crippen molar-refractivity contribution in [1.82, 2.24) is 25.1 Å². The molecule has 33 heavy (non-hydrogen) atoms. The van der Waals surface area contributed by atoms with Crippen LogP contribution in [0.25, 0.3) is 17.0 Å². The number of benzene rings is 2. The molecule has 0 fully saturated rings. The number of alkyl halides is 3. The molecule has 2 heterocycles. The van der Waals surface area contributed by atoms with Gasteiger partial charge >= 0.3 is 6.18 Å². The van der Waals surface area contributed by atoms with E-state index in [4.69, 9.17) is 9.47 Å². The summed E-state index contributed by atoms with van der Waals surface area (Å²) in [6, 6.07) is 14.6. The fourth-order valence-electron chi connectivity index (χ4n) is 3.00. The fraction of sp³-hybridized carbons (Fsp3) is 0.182. The van der Waals surface area contributed by atoms with Gasteiger partial charge in [-0.15, -0.1) is 15.3 Å². The van der Waals surface area contributed by atoms with Gasteiger partial charge < -0.3 is 14.8 Å². The minimum atomic E-state index is -4.45. The van der Waals surface area contributed by atoms with Crippen LogP contribution in [0.3, 0.4) is 0 Å². The Morgan fingerprint density at radius 2 is 1.73 bits per heavy atom. The Morgan fingerprint density at radius 3 is 2.39 bits per heavy atom. The minimum absolute atomic E-state index is 0.102. The molecule has 2 aromatic carbocycles. The molecule has 0 spiro atoms. The van der Waals surface area contributed by atoms with Gasteiger partial charge in [0.2, 0.25) is 5.88 Å². The van der Waals surface area contributed by atoms with Gasteiger partial charge in [-0.3, -0.25) is 4.79 Å². The van der Waals surface area contributed by atoms with Crippen LogP contribution in [0.15, 0.2) is 60.7 Å². The number of ether oxygens (including phenoxy) is 2. The number of nitrogens with zero attached hydrogens (tertiary/aromatic N) is 4. The van der Waals surface area contributed by atoms with Gasteiger partial charge in [0, 0.05) is 17.2 Å². The lowest BCUT2D eigenvalue weighted by Gasteiger charge is -2.09. The molecule has 0 bridgehead atoms. The zero-order valence-electron chi connectivity index (χ0n) is 17.3. The van der Waals surface area contributed by atoms with Crippen molar-refractivity contribution in [2.45, 2.75) is 6.18 Å². The second kappa shape index (κ2) is 9.15. The van der Waals surface area contributed by atoms with Crippen LogP contribution in [0.1, 0.15) is 15.9 Å². The van der Waals surface area contributed by atoms with Crippen molar-refractivity contribution in [2.75, 3.05) is 20.3 Å². The SMILES string of the molecule is COc1ccc(-c2nnc3ccc(OCCNC(=O)c4ccc(C(F)(F)F)cc4)nn23)cc1. The zero-order chi connectivity index (χ0) is 23.4. The number of rotatable bonds is 7. The third kappa shape index (κ3) is 5.03. The van der Waals surface area contributed by atoms with Gasteiger partial charge in [-0.05, 0) is 54.6 Å². The Bertz CT molecular complexity index is 1260. The van der Waals surface area contributed by atoms with E-state index in [2.05, 4.69) is 20.6 Å². The van der Waals surface area contributed by atoms with E-state index in [1.165, 1.54) is 4.52 Å². The number of fused-ring (bicyclic) bond motifs is 1. The standard InChI is InChI=1S/C22H18F3N5O3/c1-32-17-8-4-14(5-9-17)20-28-27-18-10-11-19(29-30(18)20)33-13-12-26-21(31)15-2-6-16(7-3-15)22(23,24)25/h2-11H,12-13H2,1H3,(H,26,31). The maximum absolute atomic E-state index is 12.6. The van der Waals surface area contributed by atoms with E-state index >= 15 is 0 Å². The summed E-state index contributed by atoms with van der Waals surface area (Å²) in [4.78, 5) is 12.1. The summed E-state index contributed by atoms with van der Waals surface area (Å²) >= 11 is 0. The van der Waals surface area contributed by atoms with Gasteiger partial charge in [0.25, 0.3) is 5.91 Å². The first-order chi connectivity index (χ1) is 15.8. The molecule has 0 aliphatic carbocycles. The van der Waals surface area contributed by atoms with E-state index in [0.29, 0.717) is 23.1 Å². The molecule has 1 N–H and O–H groups in total. The van der Waals surface area contributed by atoms with Crippen molar-refractivity contribution >= 4 is 11.6 Å². The van der Waals surface area contributed by atoms with Crippen molar-refractivity contribution in [1.29, 1.82) is 0 Å². The summed E-state index contributed by atoms with van der Waals surface area (Å²) in [5, 5.41) is 15.2. The summed E-state index contributed by atoms with van der Waals surface area (Å²) in [6.45, 7) is 0.234. The molecule has 4 aromatic rings. The molecule has 0 atom stereocenters. The largest absolute Gasteiger partial charge is 0.497 e. The topological polar surface area (TPSA) is 90.6 Å². The summed E-state index contributed by atoms with van der Waals surface area (Å²) in [5.41, 5.74) is 0.628. The number of methoxy groups -OCH3 is 1. The molecular weight excluding hydrogens is 439 g/mol. The van der Waals surface area contributed by atoms with E-state index in [1.807, 2.05) is 12.1 Å². The molecular formula is C22H18F3N5O3. The average Bonchev–Trinajstić information content (AvgIpc) is 3.24. The van der Waals surface area contributed by atoms with Crippen molar-refractivity contribution < 1.29 is 27.4 Å². The van der Waals surface area contributed by atoms with E-state index in [0.717, 1.165) is 29.8 Å². The van der Waals surface area contributed by atoms with Gasteiger partial charge in [0.1, 0.15) is 12.4 Å². The van der Waals surface area contributed by atoms with E-state index in [9.17, 15) is 18.0 Å².